The Morgan fingerprint density at radius 3 is 1.63 bits per heavy atom. The standard InChI is InChI=1S/C23H42O.2CH3.Y/c1-15(2)19(5,6)21(9,10)23(13)17(4)16(3)18(14-24)20(7,8)22(23,11)12;;;/h14,16,18H,1-13H3;2*1H3;/q-2;2*-1;. The fourth-order valence-corrected chi connectivity index (χ4v) is 5.72. The SMILES string of the molecule is C[C-](C)C(C)(C)C(C)(C)C1(C)[C-](C)C(C)C(C=O)C(C)(C)C1(C)C.[CH3-].[CH3-].[Y]. The molecule has 1 saturated carbocycles. The van der Waals surface area contributed by atoms with Crippen LogP contribution in [-0.2, 0) is 37.5 Å². The Kier molecular flexibility index (Phi) is 11.2. The van der Waals surface area contributed by atoms with E-state index >= 15 is 0 Å². The molecule has 0 aliphatic heterocycles. The Morgan fingerprint density at radius 2 is 1.33 bits per heavy atom. The molecule has 0 N–H and O–H groups in total. The molecule has 3 atom stereocenters. The molecule has 0 heterocycles. The maximum absolute atomic E-state index is 12.0. The van der Waals surface area contributed by atoms with Crippen molar-refractivity contribution in [3.8, 4) is 0 Å². The monoisotopic (exact) mass is 453 g/mol. The second-order valence-corrected chi connectivity index (χ2v) is 10.9. The first-order chi connectivity index (χ1) is 10.5. The molecule has 1 aliphatic carbocycles. The molecule has 0 aromatic rings. The molecule has 0 saturated heterocycles. The topological polar surface area (TPSA) is 17.1 Å². The minimum Gasteiger partial charge on any atom is -0.358 e. The van der Waals surface area contributed by atoms with Gasteiger partial charge in [-0.2, -0.15) is 32.1 Å². The van der Waals surface area contributed by atoms with E-state index in [0.29, 0.717) is 5.92 Å². The molecule has 0 aromatic heterocycles. The van der Waals surface area contributed by atoms with Crippen LogP contribution in [0.5, 0.6) is 0 Å². The maximum atomic E-state index is 12.0. The van der Waals surface area contributed by atoms with Gasteiger partial charge in [-0.25, -0.2) is 0 Å². The summed E-state index contributed by atoms with van der Waals surface area (Å²) in [7, 11) is 0. The largest absolute Gasteiger partial charge is 0.358 e. The van der Waals surface area contributed by atoms with Gasteiger partial charge in [-0.15, -0.1) is 5.41 Å². The molecule has 27 heavy (non-hydrogen) atoms. The van der Waals surface area contributed by atoms with Crippen LogP contribution in [0.15, 0.2) is 0 Å². The first-order valence-electron chi connectivity index (χ1n) is 9.56. The second-order valence-electron chi connectivity index (χ2n) is 10.9. The van der Waals surface area contributed by atoms with Crippen LogP contribution in [0.3, 0.4) is 0 Å². The minimum absolute atomic E-state index is 0. The molecule has 161 valence electrons. The van der Waals surface area contributed by atoms with Crippen molar-refractivity contribution in [3.63, 3.8) is 0 Å². The van der Waals surface area contributed by atoms with Crippen molar-refractivity contribution in [1.82, 2.24) is 0 Å². The van der Waals surface area contributed by atoms with Crippen LogP contribution in [0.2, 0.25) is 0 Å². The fraction of sp³-hybridized carbons (Fsp3) is 0.800. The molecule has 3 unspecified atom stereocenters. The number of hydrogen-bond donors (Lipinski definition) is 0. The van der Waals surface area contributed by atoms with E-state index in [-0.39, 0.29) is 80.6 Å². The van der Waals surface area contributed by atoms with Crippen molar-refractivity contribution >= 4 is 6.29 Å². The molecule has 0 bridgehead atoms. The molecule has 1 fully saturated rings. The molecule has 1 radical (unpaired) electrons. The van der Waals surface area contributed by atoms with Gasteiger partial charge in [-0.1, -0.05) is 80.1 Å². The van der Waals surface area contributed by atoms with E-state index in [9.17, 15) is 4.79 Å². The molecular weight excluding hydrogens is 405 g/mol. The Bertz CT molecular complexity index is 487. The van der Waals surface area contributed by atoms with Gasteiger partial charge < -0.3 is 31.5 Å². The minimum atomic E-state index is -0.0581. The van der Waals surface area contributed by atoms with Gasteiger partial charge >= 0.3 is 0 Å². The summed E-state index contributed by atoms with van der Waals surface area (Å²) in [5.74, 6) is 3.34. The molecule has 1 rings (SSSR count). The summed E-state index contributed by atoms with van der Waals surface area (Å²) in [6.45, 7) is 30.6. The van der Waals surface area contributed by atoms with Crippen LogP contribution in [0.25, 0.3) is 0 Å². The second kappa shape index (κ2) is 9.28. The first kappa shape index (κ1) is 32.4. The average Bonchev–Trinajstić information content (AvgIpc) is 2.43. The third-order valence-electron chi connectivity index (χ3n) is 9.91. The predicted octanol–water partition coefficient (Wildman–Crippen LogP) is 7.67. The zero-order valence-corrected chi connectivity index (χ0v) is 24.1. The van der Waals surface area contributed by atoms with E-state index in [1.807, 2.05) is 0 Å². The van der Waals surface area contributed by atoms with Crippen LogP contribution in [0.1, 0.15) is 90.0 Å². The van der Waals surface area contributed by atoms with Gasteiger partial charge in [-0.3, -0.25) is 0 Å². The zero-order valence-electron chi connectivity index (χ0n) is 21.2. The summed E-state index contributed by atoms with van der Waals surface area (Å²) in [6, 6.07) is 0. The smallest absolute Gasteiger partial charge is 0.121 e. The van der Waals surface area contributed by atoms with Gasteiger partial charge in [0.2, 0.25) is 0 Å². The molecule has 0 spiro atoms. The molecule has 1 nitrogen and oxygen atoms in total. The number of hydrogen-bond acceptors (Lipinski definition) is 1. The summed E-state index contributed by atoms with van der Waals surface area (Å²) >= 11 is 0. The van der Waals surface area contributed by atoms with E-state index < -0.39 is 0 Å². The number of carbonyl (C=O) groups excluding carboxylic acids is 1. The zero-order chi connectivity index (χ0) is 19.5. The summed E-state index contributed by atoms with van der Waals surface area (Å²) < 4.78 is 0. The summed E-state index contributed by atoms with van der Waals surface area (Å²) in [6.07, 6.45) is 1.21. The number of rotatable bonds is 4. The van der Waals surface area contributed by atoms with Crippen LogP contribution in [-0.4, -0.2) is 6.29 Å². The molecular formula is C25H48OY-4. The molecule has 0 aromatic carbocycles. The summed E-state index contributed by atoms with van der Waals surface area (Å²) in [5.41, 5.74) is 0.120. The van der Waals surface area contributed by atoms with Crippen LogP contribution in [0.4, 0.5) is 0 Å². The summed E-state index contributed by atoms with van der Waals surface area (Å²) in [4.78, 5) is 12.0. The Labute approximate surface area is 198 Å². The summed E-state index contributed by atoms with van der Waals surface area (Å²) in [5, 5.41) is 0. The van der Waals surface area contributed by atoms with Gasteiger partial charge in [0.05, 0.1) is 0 Å². The van der Waals surface area contributed by atoms with Crippen molar-refractivity contribution < 1.29 is 37.5 Å². The predicted molar refractivity (Wildman–Crippen MR) is 118 cm³/mol. The van der Waals surface area contributed by atoms with Crippen molar-refractivity contribution in [1.29, 1.82) is 0 Å². The van der Waals surface area contributed by atoms with Crippen molar-refractivity contribution in [2.45, 2.75) is 90.0 Å². The average molecular weight is 454 g/mol. The van der Waals surface area contributed by atoms with E-state index in [1.165, 1.54) is 18.1 Å². The van der Waals surface area contributed by atoms with Gasteiger partial charge in [0, 0.05) is 32.7 Å². The van der Waals surface area contributed by atoms with E-state index in [0.717, 1.165) is 0 Å². The van der Waals surface area contributed by atoms with E-state index in [4.69, 9.17) is 0 Å². The first-order valence-corrected chi connectivity index (χ1v) is 9.56. The van der Waals surface area contributed by atoms with Gasteiger partial charge in [0.25, 0.3) is 0 Å². The Balaban J connectivity index is -0.00000192. The van der Waals surface area contributed by atoms with Gasteiger partial charge in [0.15, 0.2) is 0 Å². The van der Waals surface area contributed by atoms with Crippen molar-refractivity contribution in [3.05, 3.63) is 26.7 Å². The Morgan fingerprint density at radius 1 is 0.963 bits per heavy atom. The fourth-order valence-electron chi connectivity index (χ4n) is 5.72. The molecule has 2 heteroatoms. The van der Waals surface area contributed by atoms with Gasteiger partial charge in [-0.05, 0) is 11.3 Å². The van der Waals surface area contributed by atoms with E-state index in [2.05, 4.69) is 90.0 Å². The third kappa shape index (κ3) is 3.92. The van der Waals surface area contributed by atoms with Crippen LogP contribution < -0.4 is 0 Å². The molecule has 0 amide bonds. The quantitative estimate of drug-likeness (QED) is 0.315. The normalized spacial score (nSPS) is 30.6. The molecule has 1 aliphatic rings. The van der Waals surface area contributed by atoms with Crippen LogP contribution >= 0.6 is 0 Å². The maximum Gasteiger partial charge on any atom is 0.121 e. The number of carbonyl (C=O) groups is 1. The number of aldehydes is 1. The Hall–Kier alpha value is 0.774. The van der Waals surface area contributed by atoms with Crippen molar-refractivity contribution in [2.24, 2.45) is 38.9 Å². The van der Waals surface area contributed by atoms with Gasteiger partial charge in [0.1, 0.15) is 6.29 Å². The van der Waals surface area contributed by atoms with Crippen LogP contribution in [0, 0.1) is 65.6 Å². The van der Waals surface area contributed by atoms with E-state index in [1.54, 1.807) is 0 Å². The van der Waals surface area contributed by atoms with Crippen molar-refractivity contribution in [2.75, 3.05) is 0 Å². The third-order valence-corrected chi connectivity index (χ3v) is 9.91.